The van der Waals surface area contributed by atoms with Gasteiger partial charge in [0, 0.05) is 55.2 Å². The quantitative estimate of drug-likeness (QED) is 0.431. The van der Waals surface area contributed by atoms with Gasteiger partial charge in [-0.15, -0.1) is 0 Å². The Bertz CT molecular complexity index is 1250. The van der Waals surface area contributed by atoms with Crippen molar-refractivity contribution in [3.8, 4) is 0 Å². The minimum Gasteiger partial charge on any atom is -0.337 e. The molecule has 2 aromatic carbocycles. The molecular weight excluding hydrogens is 525 g/mol. The van der Waals surface area contributed by atoms with Crippen molar-refractivity contribution in [3.05, 3.63) is 69.0 Å². The summed E-state index contributed by atoms with van der Waals surface area (Å²) in [5.41, 5.74) is 5.32. The highest BCUT2D eigenvalue weighted by Crippen LogP contribution is 2.39. The number of ketones is 1. The molecule has 0 saturated carbocycles. The van der Waals surface area contributed by atoms with Gasteiger partial charge >= 0.3 is 0 Å². The number of Topliss-reactive ketones (excluding diaryl/α,β-unsaturated/α-hetero) is 1. The van der Waals surface area contributed by atoms with Gasteiger partial charge in [0.15, 0.2) is 0 Å². The Kier molecular flexibility index (Phi) is 9.13. The molecule has 0 aliphatic carbocycles. The van der Waals surface area contributed by atoms with Gasteiger partial charge in [-0.2, -0.15) is 0 Å². The van der Waals surface area contributed by atoms with Crippen molar-refractivity contribution in [2.45, 2.75) is 85.4 Å². The van der Waals surface area contributed by atoms with Crippen LogP contribution in [0.15, 0.2) is 30.3 Å². The fourth-order valence-corrected chi connectivity index (χ4v) is 6.94. The summed E-state index contributed by atoms with van der Waals surface area (Å²) in [6.45, 7) is 19.5. The zero-order valence-corrected chi connectivity index (χ0v) is 26.1. The third-order valence-corrected chi connectivity index (χ3v) is 9.27. The van der Waals surface area contributed by atoms with E-state index in [1.165, 1.54) is 28.3 Å². The molecule has 2 heterocycles. The number of aryl methyl sites for hydroxylation is 3. The van der Waals surface area contributed by atoms with E-state index >= 15 is 4.39 Å². The van der Waals surface area contributed by atoms with Gasteiger partial charge in [0.05, 0.1) is 12.0 Å². The number of amides is 1. The Morgan fingerprint density at radius 2 is 1.68 bits per heavy atom. The molecule has 4 rings (SSSR count). The second-order valence-corrected chi connectivity index (χ2v) is 13.5. The maximum Gasteiger partial charge on any atom is 0.227 e. The fourth-order valence-electron chi connectivity index (χ4n) is 6.78. The summed E-state index contributed by atoms with van der Waals surface area (Å²) in [7, 11) is 0. The molecule has 1 amide bonds. The van der Waals surface area contributed by atoms with Gasteiger partial charge in [0.25, 0.3) is 0 Å². The van der Waals surface area contributed by atoms with Crippen LogP contribution in [0, 0.1) is 32.5 Å². The van der Waals surface area contributed by atoms with Crippen LogP contribution < -0.4 is 0 Å². The Labute approximate surface area is 244 Å². The summed E-state index contributed by atoms with van der Waals surface area (Å²) in [6, 6.07) is 8.88. The summed E-state index contributed by atoms with van der Waals surface area (Å²) in [4.78, 5) is 33.5. The monoisotopic (exact) mass is 569 g/mol. The summed E-state index contributed by atoms with van der Waals surface area (Å²) in [6.07, 6.45) is 0.676. The third kappa shape index (κ3) is 6.45. The molecule has 2 aliphatic rings. The van der Waals surface area contributed by atoms with Gasteiger partial charge in [-0.05, 0) is 96.2 Å². The molecule has 0 N–H and O–H groups in total. The first kappa shape index (κ1) is 30.7. The average Bonchev–Trinajstić information content (AvgIpc) is 3.29. The number of benzene rings is 2. The number of hydrogen-bond acceptors (Lipinski definition) is 4. The van der Waals surface area contributed by atoms with E-state index < -0.39 is 0 Å². The number of halogens is 2. The van der Waals surface area contributed by atoms with E-state index in [0.717, 1.165) is 0 Å². The lowest BCUT2D eigenvalue weighted by atomic mass is 9.87. The Hall–Kier alpha value is -2.28. The average molecular weight is 570 g/mol. The van der Waals surface area contributed by atoms with Crippen LogP contribution in [0.4, 0.5) is 4.39 Å². The summed E-state index contributed by atoms with van der Waals surface area (Å²) < 4.78 is 15.1. The second kappa shape index (κ2) is 11.9. The molecule has 0 aromatic heterocycles. The molecule has 5 nitrogen and oxygen atoms in total. The molecule has 2 fully saturated rings. The molecule has 0 radical (unpaired) electrons. The zero-order chi connectivity index (χ0) is 29.5. The molecule has 40 heavy (non-hydrogen) atoms. The van der Waals surface area contributed by atoms with Crippen LogP contribution in [0.25, 0.3) is 0 Å². The largest absolute Gasteiger partial charge is 0.337 e. The minimum atomic E-state index is -0.352. The van der Waals surface area contributed by atoms with E-state index in [1.54, 1.807) is 19.1 Å². The highest BCUT2D eigenvalue weighted by Gasteiger charge is 2.46. The second-order valence-electron chi connectivity index (χ2n) is 13.0. The first-order valence-electron chi connectivity index (χ1n) is 14.5. The van der Waals surface area contributed by atoms with Crippen LogP contribution in [-0.2, 0) is 16.0 Å². The molecule has 4 atom stereocenters. The lowest BCUT2D eigenvalue weighted by Crippen LogP contribution is -2.59. The summed E-state index contributed by atoms with van der Waals surface area (Å²) >= 11 is 6.05. The van der Waals surface area contributed by atoms with Crippen LogP contribution >= 0.6 is 11.6 Å². The van der Waals surface area contributed by atoms with Crippen LogP contribution in [0.3, 0.4) is 0 Å². The maximum absolute atomic E-state index is 15.1. The SMILES string of the molecule is CC(=O)[C@H](Cc1c(C)cc(C)cc1C)N1CCN(C(=O)[C@@H]2CN(C(C)(C)C)C[C@H]2c2ccc(Cl)cc2F)[C@@H](C)C1. The number of nitrogens with zero attached hydrogens (tertiary/aromatic N) is 3. The molecule has 2 aliphatic heterocycles. The van der Waals surface area contributed by atoms with Gasteiger partial charge in [-0.25, -0.2) is 4.39 Å². The Balaban J connectivity index is 1.53. The minimum absolute atomic E-state index is 0.0530. The van der Waals surface area contributed by atoms with Crippen molar-refractivity contribution in [1.29, 1.82) is 0 Å². The van der Waals surface area contributed by atoms with Gasteiger partial charge in [-0.1, -0.05) is 35.4 Å². The van der Waals surface area contributed by atoms with Crippen molar-refractivity contribution in [2.75, 3.05) is 32.7 Å². The fraction of sp³-hybridized carbons (Fsp3) is 0.576. The number of rotatable bonds is 6. The van der Waals surface area contributed by atoms with Crippen LogP contribution in [-0.4, -0.2) is 76.7 Å². The highest BCUT2D eigenvalue weighted by atomic mass is 35.5. The first-order valence-corrected chi connectivity index (χ1v) is 14.9. The Morgan fingerprint density at radius 3 is 2.23 bits per heavy atom. The molecule has 0 spiro atoms. The topological polar surface area (TPSA) is 43.9 Å². The smallest absolute Gasteiger partial charge is 0.227 e. The van der Waals surface area contributed by atoms with Gasteiger partial charge in [-0.3, -0.25) is 19.4 Å². The van der Waals surface area contributed by atoms with Gasteiger partial charge < -0.3 is 4.90 Å². The number of piperazine rings is 1. The van der Waals surface area contributed by atoms with Crippen molar-refractivity contribution in [3.63, 3.8) is 0 Å². The summed E-state index contributed by atoms with van der Waals surface area (Å²) in [5.74, 6) is -0.712. The first-order chi connectivity index (χ1) is 18.7. The molecular formula is C33H45ClFN3O2. The van der Waals surface area contributed by atoms with Crippen LogP contribution in [0.2, 0.25) is 5.02 Å². The van der Waals surface area contributed by atoms with Gasteiger partial charge in [0.1, 0.15) is 11.6 Å². The zero-order valence-electron chi connectivity index (χ0n) is 25.4. The van der Waals surface area contributed by atoms with Crippen molar-refractivity contribution in [2.24, 2.45) is 5.92 Å². The van der Waals surface area contributed by atoms with E-state index in [4.69, 9.17) is 11.6 Å². The van der Waals surface area contributed by atoms with E-state index in [2.05, 4.69) is 70.4 Å². The number of hydrogen-bond donors (Lipinski definition) is 0. The number of likely N-dealkylation sites (tertiary alicyclic amines) is 1. The standard InChI is InChI=1S/C33H45ClFN3O2/c1-20-13-21(2)27(22(3)14-20)16-31(24(5)39)36-11-12-38(23(4)17-36)32(40)29-19-37(33(6,7)8)18-28(29)26-10-9-25(34)15-30(26)35/h9-10,13-15,23,28-29,31H,11-12,16-19H2,1-8H3/t23-,28-,29+,31-/m0/s1. The normalized spacial score (nSPS) is 23.4. The number of carbonyl (C=O) groups is 2. The predicted octanol–water partition coefficient (Wildman–Crippen LogP) is 5.95. The summed E-state index contributed by atoms with van der Waals surface area (Å²) in [5, 5.41) is 0.357. The predicted molar refractivity (Wildman–Crippen MR) is 161 cm³/mol. The molecule has 0 bridgehead atoms. The third-order valence-electron chi connectivity index (χ3n) is 9.04. The molecule has 2 aromatic rings. The van der Waals surface area contributed by atoms with Crippen LogP contribution in [0.1, 0.15) is 68.4 Å². The molecule has 7 heteroatoms. The van der Waals surface area contributed by atoms with E-state index in [1.807, 2.05) is 4.90 Å². The lowest BCUT2D eigenvalue weighted by molar-refractivity contribution is -0.141. The van der Waals surface area contributed by atoms with Crippen molar-refractivity contribution >= 4 is 23.3 Å². The lowest BCUT2D eigenvalue weighted by Gasteiger charge is -2.44. The van der Waals surface area contributed by atoms with E-state index in [0.29, 0.717) is 49.7 Å². The molecule has 0 unspecified atom stereocenters. The number of carbonyl (C=O) groups excluding carboxylic acids is 2. The van der Waals surface area contributed by atoms with E-state index in [-0.39, 0.29) is 47.0 Å². The van der Waals surface area contributed by atoms with Crippen molar-refractivity contribution < 1.29 is 14.0 Å². The molecule has 2 saturated heterocycles. The van der Waals surface area contributed by atoms with Crippen molar-refractivity contribution in [1.82, 2.24) is 14.7 Å². The van der Waals surface area contributed by atoms with Gasteiger partial charge in [0.2, 0.25) is 5.91 Å². The highest BCUT2D eigenvalue weighted by molar-refractivity contribution is 6.30. The molecule has 218 valence electrons. The maximum atomic E-state index is 15.1. The van der Waals surface area contributed by atoms with E-state index in [9.17, 15) is 9.59 Å². The van der Waals surface area contributed by atoms with Crippen LogP contribution in [0.5, 0.6) is 0 Å². The Morgan fingerprint density at radius 1 is 1.02 bits per heavy atom.